The van der Waals surface area contributed by atoms with Crippen molar-refractivity contribution in [2.45, 2.75) is 39.4 Å². The molecule has 3 heteroatoms. The Labute approximate surface area is 108 Å². The molecule has 1 N–H and O–H groups in total. The number of allylic oxidation sites excluding steroid dienone is 2. The van der Waals surface area contributed by atoms with E-state index in [0.29, 0.717) is 31.3 Å². The molecular formula is C15H20O3. The van der Waals surface area contributed by atoms with E-state index in [1.165, 1.54) is 0 Å². The molecule has 0 aromatic rings. The highest BCUT2D eigenvalue weighted by molar-refractivity contribution is 5.96. The lowest BCUT2D eigenvalue weighted by Crippen LogP contribution is -2.46. The predicted molar refractivity (Wildman–Crippen MR) is 67.7 cm³/mol. The Bertz CT molecular complexity index is 474. The number of hydrogen-bond donors (Lipinski definition) is 1. The summed E-state index contributed by atoms with van der Waals surface area (Å²) in [6.07, 6.45) is 3.27. The van der Waals surface area contributed by atoms with Crippen LogP contribution in [0.2, 0.25) is 0 Å². The van der Waals surface area contributed by atoms with Crippen molar-refractivity contribution >= 4 is 5.78 Å². The van der Waals surface area contributed by atoms with E-state index in [4.69, 9.17) is 4.74 Å². The van der Waals surface area contributed by atoms with Crippen LogP contribution in [-0.4, -0.2) is 23.3 Å². The molecule has 1 saturated carbocycles. The molecule has 98 valence electrons. The van der Waals surface area contributed by atoms with Gasteiger partial charge in [-0.3, -0.25) is 4.79 Å². The number of rotatable bonds is 0. The van der Waals surface area contributed by atoms with Gasteiger partial charge in [-0.05, 0) is 42.4 Å². The summed E-state index contributed by atoms with van der Waals surface area (Å²) < 4.78 is 5.61. The number of hydrogen-bond acceptors (Lipinski definition) is 3. The first-order valence-electron chi connectivity index (χ1n) is 6.70. The van der Waals surface area contributed by atoms with Crippen LogP contribution in [0.4, 0.5) is 0 Å². The molecule has 0 amide bonds. The third kappa shape index (κ3) is 1.54. The molecule has 0 spiro atoms. The fourth-order valence-corrected chi connectivity index (χ4v) is 3.86. The van der Waals surface area contributed by atoms with E-state index >= 15 is 0 Å². The van der Waals surface area contributed by atoms with Crippen molar-refractivity contribution < 1.29 is 14.6 Å². The van der Waals surface area contributed by atoms with Crippen molar-refractivity contribution in [1.29, 1.82) is 0 Å². The SMILES string of the molecule is CC1=CC2C3=C(C)COC3(O)CC(C)C2CC1=O. The smallest absolute Gasteiger partial charge is 0.189 e. The number of carbonyl (C=O) groups is 1. The first-order valence-corrected chi connectivity index (χ1v) is 6.70. The Morgan fingerprint density at radius 3 is 2.89 bits per heavy atom. The fraction of sp³-hybridized carbons (Fsp3) is 0.667. The third-order valence-corrected chi connectivity index (χ3v) is 4.82. The van der Waals surface area contributed by atoms with Gasteiger partial charge in [0.25, 0.3) is 0 Å². The lowest BCUT2D eigenvalue weighted by molar-refractivity contribution is -0.185. The number of aliphatic hydroxyl groups is 1. The number of ether oxygens (including phenoxy) is 1. The quantitative estimate of drug-likeness (QED) is 0.669. The second kappa shape index (κ2) is 3.78. The Balaban J connectivity index is 2.10. The Hall–Kier alpha value is -0.930. The van der Waals surface area contributed by atoms with Crippen molar-refractivity contribution in [3.63, 3.8) is 0 Å². The van der Waals surface area contributed by atoms with Crippen LogP contribution in [0, 0.1) is 17.8 Å². The lowest BCUT2D eigenvalue weighted by atomic mass is 9.62. The van der Waals surface area contributed by atoms with Gasteiger partial charge in [0.05, 0.1) is 6.61 Å². The summed E-state index contributed by atoms with van der Waals surface area (Å²) in [7, 11) is 0. The highest BCUT2D eigenvalue weighted by Gasteiger charge is 2.52. The van der Waals surface area contributed by atoms with E-state index in [0.717, 1.165) is 16.7 Å². The molecule has 18 heavy (non-hydrogen) atoms. The van der Waals surface area contributed by atoms with Gasteiger partial charge < -0.3 is 9.84 Å². The molecular weight excluding hydrogens is 228 g/mol. The summed E-state index contributed by atoms with van der Waals surface area (Å²) in [6, 6.07) is 0. The zero-order chi connectivity index (χ0) is 13.1. The van der Waals surface area contributed by atoms with Crippen LogP contribution in [0.25, 0.3) is 0 Å². The summed E-state index contributed by atoms with van der Waals surface area (Å²) in [4.78, 5) is 11.9. The average Bonchev–Trinajstić information content (AvgIpc) is 2.58. The molecule has 0 radical (unpaired) electrons. The summed E-state index contributed by atoms with van der Waals surface area (Å²) in [5.74, 6) is -0.0114. The van der Waals surface area contributed by atoms with E-state index in [1.54, 1.807) is 0 Å². The molecule has 1 heterocycles. The Morgan fingerprint density at radius 2 is 2.17 bits per heavy atom. The number of Topliss-reactive ketones (excluding diaryl/α,β-unsaturated/α-hetero) is 1. The zero-order valence-electron chi connectivity index (χ0n) is 11.2. The van der Waals surface area contributed by atoms with Gasteiger partial charge in [-0.25, -0.2) is 0 Å². The summed E-state index contributed by atoms with van der Waals surface area (Å²) in [5.41, 5.74) is 3.00. The van der Waals surface area contributed by atoms with Gasteiger partial charge in [0.15, 0.2) is 11.6 Å². The molecule has 1 aliphatic heterocycles. The summed E-state index contributed by atoms with van der Waals surface area (Å²) in [5, 5.41) is 10.6. The summed E-state index contributed by atoms with van der Waals surface area (Å²) >= 11 is 0. The van der Waals surface area contributed by atoms with E-state index in [-0.39, 0.29) is 11.7 Å². The second-order valence-corrected chi connectivity index (χ2v) is 6.12. The van der Waals surface area contributed by atoms with E-state index in [9.17, 15) is 9.90 Å². The maximum Gasteiger partial charge on any atom is 0.189 e. The van der Waals surface area contributed by atoms with Crippen LogP contribution in [0.15, 0.2) is 22.8 Å². The number of fused-ring (bicyclic) bond motifs is 3. The van der Waals surface area contributed by atoms with Crippen LogP contribution in [0.1, 0.15) is 33.6 Å². The standard InChI is InChI=1S/C15H20O3/c1-8-4-12-11(5-13(8)16)9(2)6-15(17)14(12)10(3)7-18-15/h4,9,11-12,17H,5-7H2,1-3H3. The second-order valence-electron chi connectivity index (χ2n) is 6.12. The molecule has 2 aliphatic carbocycles. The van der Waals surface area contributed by atoms with Crippen molar-refractivity contribution in [2.75, 3.05) is 6.61 Å². The van der Waals surface area contributed by atoms with E-state index in [1.807, 2.05) is 19.9 Å². The largest absolute Gasteiger partial charge is 0.362 e. The molecule has 4 atom stereocenters. The molecule has 0 bridgehead atoms. The third-order valence-electron chi connectivity index (χ3n) is 4.82. The van der Waals surface area contributed by atoms with Gasteiger partial charge in [-0.15, -0.1) is 0 Å². The highest BCUT2D eigenvalue weighted by atomic mass is 16.6. The van der Waals surface area contributed by atoms with Gasteiger partial charge in [-0.2, -0.15) is 0 Å². The van der Waals surface area contributed by atoms with Gasteiger partial charge in [0.2, 0.25) is 0 Å². The van der Waals surface area contributed by atoms with Crippen LogP contribution < -0.4 is 0 Å². The molecule has 3 aliphatic rings. The van der Waals surface area contributed by atoms with Gasteiger partial charge in [-0.1, -0.05) is 13.0 Å². The van der Waals surface area contributed by atoms with Gasteiger partial charge in [0.1, 0.15) is 0 Å². The van der Waals surface area contributed by atoms with E-state index in [2.05, 4.69) is 6.92 Å². The Kier molecular flexibility index (Phi) is 2.55. The van der Waals surface area contributed by atoms with Crippen LogP contribution in [0.5, 0.6) is 0 Å². The average molecular weight is 248 g/mol. The zero-order valence-corrected chi connectivity index (χ0v) is 11.2. The molecule has 3 rings (SSSR count). The minimum atomic E-state index is -1.08. The van der Waals surface area contributed by atoms with Crippen LogP contribution >= 0.6 is 0 Å². The molecule has 0 saturated heterocycles. The van der Waals surface area contributed by atoms with Gasteiger partial charge in [0, 0.05) is 18.8 Å². The maximum atomic E-state index is 11.9. The monoisotopic (exact) mass is 248 g/mol. The van der Waals surface area contributed by atoms with E-state index < -0.39 is 5.79 Å². The molecule has 1 fully saturated rings. The first-order chi connectivity index (χ1) is 8.42. The molecule has 0 aromatic heterocycles. The van der Waals surface area contributed by atoms with Crippen LogP contribution in [0.3, 0.4) is 0 Å². The van der Waals surface area contributed by atoms with Crippen LogP contribution in [-0.2, 0) is 9.53 Å². The molecule has 4 unspecified atom stereocenters. The maximum absolute atomic E-state index is 11.9. The normalized spacial score (nSPS) is 43.7. The first kappa shape index (κ1) is 12.1. The summed E-state index contributed by atoms with van der Waals surface area (Å²) in [6.45, 7) is 6.54. The minimum Gasteiger partial charge on any atom is -0.362 e. The topological polar surface area (TPSA) is 46.5 Å². The highest BCUT2D eigenvalue weighted by Crippen LogP contribution is 2.52. The lowest BCUT2D eigenvalue weighted by Gasteiger charge is -2.45. The Morgan fingerprint density at radius 1 is 1.44 bits per heavy atom. The van der Waals surface area contributed by atoms with Crippen molar-refractivity contribution in [2.24, 2.45) is 17.8 Å². The molecule has 0 aromatic carbocycles. The number of ketones is 1. The van der Waals surface area contributed by atoms with Crippen molar-refractivity contribution in [1.82, 2.24) is 0 Å². The van der Waals surface area contributed by atoms with Crippen molar-refractivity contribution in [3.8, 4) is 0 Å². The predicted octanol–water partition coefficient (Wildman–Crippen LogP) is 2.21. The van der Waals surface area contributed by atoms with Gasteiger partial charge >= 0.3 is 0 Å². The number of carbonyl (C=O) groups excluding carboxylic acids is 1. The fourth-order valence-electron chi connectivity index (χ4n) is 3.86. The molecule has 3 nitrogen and oxygen atoms in total. The minimum absolute atomic E-state index is 0.180. The van der Waals surface area contributed by atoms with Crippen molar-refractivity contribution in [3.05, 3.63) is 22.8 Å².